The molecule has 7 heteroatoms. The zero-order valence-electron chi connectivity index (χ0n) is 15.0. The molecule has 2 amide bonds. The highest BCUT2D eigenvalue weighted by atomic mass is 16.5. The molecule has 0 unspecified atom stereocenters. The zero-order chi connectivity index (χ0) is 18.9. The lowest BCUT2D eigenvalue weighted by Crippen LogP contribution is -2.27. The first-order valence-corrected chi connectivity index (χ1v) is 7.97. The summed E-state index contributed by atoms with van der Waals surface area (Å²) < 4.78 is 15.5. The summed E-state index contributed by atoms with van der Waals surface area (Å²) in [5.74, 6) is 0.928. The number of hydrogen-bond acceptors (Lipinski definition) is 5. The third kappa shape index (κ3) is 5.14. The third-order valence-electron chi connectivity index (χ3n) is 3.66. The fraction of sp³-hybridized carbons (Fsp3) is 0.263. The summed E-state index contributed by atoms with van der Waals surface area (Å²) in [6.07, 6.45) is -0.288. The van der Waals surface area contributed by atoms with Crippen molar-refractivity contribution in [1.82, 2.24) is 5.32 Å². The van der Waals surface area contributed by atoms with E-state index in [-0.39, 0.29) is 18.9 Å². The van der Waals surface area contributed by atoms with E-state index >= 15 is 0 Å². The molecule has 26 heavy (non-hydrogen) atoms. The van der Waals surface area contributed by atoms with Crippen LogP contribution >= 0.6 is 0 Å². The summed E-state index contributed by atoms with van der Waals surface area (Å²) in [7, 11) is 4.61. The Balaban J connectivity index is 1.88. The average Bonchev–Trinajstić information content (AvgIpc) is 2.66. The van der Waals surface area contributed by atoms with Gasteiger partial charge in [0.2, 0.25) is 11.8 Å². The topological polar surface area (TPSA) is 85.9 Å². The summed E-state index contributed by atoms with van der Waals surface area (Å²) in [6, 6.07) is 12.3. The highest BCUT2D eigenvalue weighted by molar-refractivity contribution is 6.03. The average molecular weight is 358 g/mol. The summed E-state index contributed by atoms with van der Waals surface area (Å²) >= 11 is 0. The van der Waals surface area contributed by atoms with Crippen molar-refractivity contribution < 1.29 is 23.8 Å². The van der Waals surface area contributed by atoms with Crippen LogP contribution in [0.2, 0.25) is 0 Å². The smallest absolute Gasteiger partial charge is 0.233 e. The van der Waals surface area contributed by atoms with Crippen molar-refractivity contribution >= 4 is 17.5 Å². The number of rotatable bonds is 8. The normalized spacial score (nSPS) is 9.96. The number of methoxy groups -OCH3 is 3. The predicted molar refractivity (Wildman–Crippen MR) is 97.6 cm³/mol. The van der Waals surface area contributed by atoms with Gasteiger partial charge < -0.3 is 24.8 Å². The Kier molecular flexibility index (Phi) is 6.84. The van der Waals surface area contributed by atoms with E-state index in [1.54, 1.807) is 25.3 Å². The van der Waals surface area contributed by atoms with Crippen LogP contribution in [0, 0.1) is 0 Å². The van der Waals surface area contributed by atoms with E-state index in [4.69, 9.17) is 14.2 Å². The molecule has 138 valence electrons. The van der Waals surface area contributed by atoms with Gasteiger partial charge in [-0.1, -0.05) is 18.2 Å². The van der Waals surface area contributed by atoms with Gasteiger partial charge in [0.15, 0.2) is 11.5 Å². The molecule has 0 bridgehead atoms. The molecular formula is C19H22N2O5. The molecule has 0 aliphatic carbocycles. The van der Waals surface area contributed by atoms with E-state index in [1.165, 1.54) is 14.2 Å². The molecule has 2 aromatic carbocycles. The van der Waals surface area contributed by atoms with Crippen LogP contribution in [-0.2, 0) is 16.1 Å². The van der Waals surface area contributed by atoms with Crippen LogP contribution in [0.25, 0.3) is 0 Å². The molecule has 2 aromatic rings. The molecule has 0 saturated heterocycles. The summed E-state index contributed by atoms with van der Waals surface area (Å²) in [5, 5.41) is 5.37. The molecule has 0 atom stereocenters. The lowest BCUT2D eigenvalue weighted by atomic mass is 10.2. The highest BCUT2D eigenvalue weighted by Gasteiger charge is 2.12. The minimum absolute atomic E-state index is 0.284. The van der Waals surface area contributed by atoms with Crippen LogP contribution < -0.4 is 24.8 Å². The van der Waals surface area contributed by atoms with E-state index < -0.39 is 5.91 Å². The van der Waals surface area contributed by atoms with Gasteiger partial charge >= 0.3 is 0 Å². The van der Waals surface area contributed by atoms with E-state index in [1.807, 2.05) is 24.3 Å². The number of carbonyl (C=O) groups is 2. The number of nitrogens with one attached hydrogen (secondary N) is 2. The van der Waals surface area contributed by atoms with Crippen molar-refractivity contribution in [2.45, 2.75) is 13.0 Å². The zero-order valence-corrected chi connectivity index (χ0v) is 15.0. The number of carbonyl (C=O) groups excluding carboxylic acids is 2. The van der Waals surface area contributed by atoms with Crippen LogP contribution in [0.15, 0.2) is 42.5 Å². The molecule has 2 rings (SSSR count). The Hall–Kier alpha value is -3.22. The SMILES string of the molecule is COc1ccccc1CNC(=O)CC(=O)Nc1ccc(OC)c(OC)c1. The number of amides is 2. The lowest BCUT2D eigenvalue weighted by molar-refractivity contribution is -0.126. The first-order valence-electron chi connectivity index (χ1n) is 7.97. The van der Waals surface area contributed by atoms with Gasteiger partial charge in [0.25, 0.3) is 0 Å². The molecule has 0 aromatic heterocycles. The molecule has 0 radical (unpaired) electrons. The Labute approximate surface area is 152 Å². The molecule has 0 aliphatic rings. The van der Waals surface area contributed by atoms with Crippen LogP contribution in [0.1, 0.15) is 12.0 Å². The molecule has 0 spiro atoms. The van der Waals surface area contributed by atoms with Crippen LogP contribution in [0.5, 0.6) is 17.2 Å². The van der Waals surface area contributed by atoms with Crippen molar-refractivity contribution in [3.8, 4) is 17.2 Å². The monoisotopic (exact) mass is 358 g/mol. The van der Waals surface area contributed by atoms with E-state index in [0.29, 0.717) is 22.9 Å². The van der Waals surface area contributed by atoms with Crippen molar-refractivity contribution in [3.05, 3.63) is 48.0 Å². The second-order valence-corrected chi connectivity index (χ2v) is 5.38. The van der Waals surface area contributed by atoms with Gasteiger partial charge in [-0.2, -0.15) is 0 Å². The van der Waals surface area contributed by atoms with Crippen molar-refractivity contribution in [2.75, 3.05) is 26.6 Å². The van der Waals surface area contributed by atoms with Gasteiger partial charge in [-0.25, -0.2) is 0 Å². The number of benzene rings is 2. The van der Waals surface area contributed by atoms with Gasteiger partial charge in [-0.15, -0.1) is 0 Å². The van der Waals surface area contributed by atoms with E-state index in [2.05, 4.69) is 10.6 Å². The van der Waals surface area contributed by atoms with Crippen LogP contribution in [0.3, 0.4) is 0 Å². The van der Waals surface area contributed by atoms with Gasteiger partial charge in [-0.3, -0.25) is 9.59 Å². The Bertz CT molecular complexity index is 776. The maximum absolute atomic E-state index is 12.0. The van der Waals surface area contributed by atoms with E-state index in [9.17, 15) is 9.59 Å². The molecule has 0 heterocycles. The van der Waals surface area contributed by atoms with Gasteiger partial charge in [0.05, 0.1) is 21.3 Å². The summed E-state index contributed by atoms with van der Waals surface area (Å²) in [5.41, 5.74) is 1.36. The van der Waals surface area contributed by atoms with Crippen molar-refractivity contribution in [2.24, 2.45) is 0 Å². The first-order chi connectivity index (χ1) is 12.6. The van der Waals surface area contributed by atoms with Crippen molar-refractivity contribution in [3.63, 3.8) is 0 Å². The standard InChI is InChI=1S/C19H22N2O5/c1-24-15-7-5-4-6-13(15)12-20-18(22)11-19(23)21-14-8-9-16(25-2)17(10-14)26-3/h4-10H,11-12H2,1-3H3,(H,20,22)(H,21,23). The molecule has 7 nitrogen and oxygen atoms in total. The Morgan fingerprint density at radius 2 is 1.54 bits per heavy atom. The number of ether oxygens (including phenoxy) is 3. The fourth-order valence-corrected chi connectivity index (χ4v) is 2.37. The van der Waals surface area contributed by atoms with Gasteiger partial charge in [0.1, 0.15) is 12.2 Å². The maximum atomic E-state index is 12.0. The molecule has 0 aliphatic heterocycles. The van der Waals surface area contributed by atoms with Crippen LogP contribution in [0.4, 0.5) is 5.69 Å². The highest BCUT2D eigenvalue weighted by Crippen LogP contribution is 2.29. The molecule has 0 saturated carbocycles. The van der Waals surface area contributed by atoms with Gasteiger partial charge in [0, 0.05) is 23.9 Å². The largest absolute Gasteiger partial charge is 0.496 e. The predicted octanol–water partition coefficient (Wildman–Crippen LogP) is 2.36. The number of anilines is 1. The second-order valence-electron chi connectivity index (χ2n) is 5.38. The minimum Gasteiger partial charge on any atom is -0.496 e. The third-order valence-corrected chi connectivity index (χ3v) is 3.66. The number of para-hydroxylation sites is 1. The number of hydrogen-bond donors (Lipinski definition) is 2. The van der Waals surface area contributed by atoms with Gasteiger partial charge in [-0.05, 0) is 18.2 Å². The summed E-state index contributed by atoms with van der Waals surface area (Å²) in [4.78, 5) is 24.0. The Morgan fingerprint density at radius 3 is 2.23 bits per heavy atom. The van der Waals surface area contributed by atoms with E-state index in [0.717, 1.165) is 5.56 Å². The maximum Gasteiger partial charge on any atom is 0.233 e. The fourth-order valence-electron chi connectivity index (χ4n) is 2.37. The quantitative estimate of drug-likeness (QED) is 0.708. The Morgan fingerprint density at radius 1 is 0.846 bits per heavy atom. The second kappa shape index (κ2) is 9.31. The molecular weight excluding hydrogens is 336 g/mol. The lowest BCUT2D eigenvalue weighted by Gasteiger charge is -2.11. The van der Waals surface area contributed by atoms with Crippen molar-refractivity contribution in [1.29, 1.82) is 0 Å². The van der Waals surface area contributed by atoms with Crippen LogP contribution in [-0.4, -0.2) is 33.1 Å². The molecule has 2 N–H and O–H groups in total. The first kappa shape index (κ1) is 19.1. The summed E-state index contributed by atoms with van der Waals surface area (Å²) in [6.45, 7) is 0.284. The minimum atomic E-state index is -0.422. The molecule has 0 fully saturated rings.